The lowest BCUT2D eigenvalue weighted by molar-refractivity contribution is 0.0850. The lowest BCUT2D eigenvalue weighted by Gasteiger charge is -2.25. The van der Waals surface area contributed by atoms with E-state index in [-0.39, 0.29) is 6.10 Å². The van der Waals surface area contributed by atoms with E-state index < -0.39 is 0 Å². The fraction of sp³-hybridized carbons (Fsp3) is 0.143. The largest absolute Gasteiger partial charge is 0.484 e. The Morgan fingerprint density at radius 2 is 2.06 bits per heavy atom. The van der Waals surface area contributed by atoms with E-state index in [1.165, 1.54) is 0 Å². The van der Waals surface area contributed by atoms with Gasteiger partial charge in [0.05, 0.1) is 0 Å². The van der Waals surface area contributed by atoms with Crippen LogP contribution in [0, 0.1) is 0 Å². The molecular formula is C14H11NO3. The van der Waals surface area contributed by atoms with Gasteiger partial charge in [-0.05, 0) is 17.7 Å². The molecule has 1 unspecified atom stereocenters. The van der Waals surface area contributed by atoms with E-state index in [0.717, 1.165) is 11.8 Å². The van der Waals surface area contributed by atoms with Gasteiger partial charge < -0.3 is 9.47 Å². The fourth-order valence-corrected chi connectivity index (χ4v) is 1.86. The number of carbonyl (C=O) groups excluding carboxylic acids is 1. The van der Waals surface area contributed by atoms with Gasteiger partial charge in [0.2, 0.25) is 0 Å². The van der Waals surface area contributed by atoms with Gasteiger partial charge in [0.15, 0.2) is 11.9 Å². The molecule has 1 aromatic heterocycles. The molecule has 0 bridgehead atoms. The summed E-state index contributed by atoms with van der Waals surface area (Å²) in [6, 6.07) is 10.9. The van der Waals surface area contributed by atoms with E-state index >= 15 is 0 Å². The third-order valence-electron chi connectivity index (χ3n) is 2.82. The summed E-state index contributed by atoms with van der Waals surface area (Å²) < 4.78 is 11.4. The number of rotatable bonds is 2. The van der Waals surface area contributed by atoms with Gasteiger partial charge in [0.1, 0.15) is 12.9 Å². The van der Waals surface area contributed by atoms with E-state index in [0.29, 0.717) is 23.8 Å². The Balaban J connectivity index is 1.84. The maximum Gasteiger partial charge on any atom is 0.257 e. The standard InChI is InChI=1S/C14H11NO3/c16-8-10-3-5-11(6-4-10)13-9-17-12-2-1-7-15-14(12)18-13/h1-8,13H,9H2. The molecule has 2 heterocycles. The molecule has 4 nitrogen and oxygen atoms in total. The van der Waals surface area contributed by atoms with E-state index in [1.54, 1.807) is 24.4 Å². The quantitative estimate of drug-likeness (QED) is 0.757. The maximum absolute atomic E-state index is 10.6. The molecule has 0 amide bonds. The number of hydrogen-bond acceptors (Lipinski definition) is 4. The molecule has 0 spiro atoms. The maximum atomic E-state index is 10.6. The number of aldehydes is 1. The molecule has 2 aromatic rings. The second kappa shape index (κ2) is 4.49. The SMILES string of the molecule is O=Cc1ccc(C2COc3cccnc3O2)cc1. The van der Waals surface area contributed by atoms with Gasteiger partial charge in [-0.3, -0.25) is 4.79 Å². The van der Waals surface area contributed by atoms with Crippen LogP contribution < -0.4 is 9.47 Å². The smallest absolute Gasteiger partial charge is 0.257 e. The van der Waals surface area contributed by atoms with Crippen molar-refractivity contribution in [3.63, 3.8) is 0 Å². The van der Waals surface area contributed by atoms with Gasteiger partial charge in [0.25, 0.3) is 5.88 Å². The van der Waals surface area contributed by atoms with E-state index in [4.69, 9.17) is 9.47 Å². The first-order valence-corrected chi connectivity index (χ1v) is 5.66. The van der Waals surface area contributed by atoms with Crippen LogP contribution in [0.3, 0.4) is 0 Å². The molecule has 0 saturated heterocycles. The zero-order chi connectivity index (χ0) is 12.4. The van der Waals surface area contributed by atoms with Crippen LogP contribution in [0.4, 0.5) is 0 Å². The van der Waals surface area contributed by atoms with Gasteiger partial charge in [-0.15, -0.1) is 0 Å². The van der Waals surface area contributed by atoms with Crippen molar-refractivity contribution >= 4 is 6.29 Å². The average molecular weight is 241 g/mol. The lowest BCUT2D eigenvalue weighted by Crippen LogP contribution is -2.22. The van der Waals surface area contributed by atoms with Crippen LogP contribution in [0.2, 0.25) is 0 Å². The molecule has 4 heteroatoms. The zero-order valence-corrected chi connectivity index (χ0v) is 9.58. The van der Waals surface area contributed by atoms with Crippen molar-refractivity contribution in [2.75, 3.05) is 6.61 Å². The third kappa shape index (κ3) is 1.93. The molecule has 0 fully saturated rings. The second-order valence-electron chi connectivity index (χ2n) is 4.01. The Hall–Kier alpha value is -2.36. The number of ether oxygens (including phenoxy) is 2. The van der Waals surface area contributed by atoms with E-state index in [2.05, 4.69) is 4.98 Å². The van der Waals surface area contributed by atoms with Crippen molar-refractivity contribution < 1.29 is 14.3 Å². The van der Waals surface area contributed by atoms with Crippen molar-refractivity contribution in [2.24, 2.45) is 0 Å². The minimum Gasteiger partial charge on any atom is -0.484 e. The Bertz CT molecular complexity index is 566. The lowest BCUT2D eigenvalue weighted by atomic mass is 10.1. The fourth-order valence-electron chi connectivity index (χ4n) is 1.86. The monoisotopic (exact) mass is 241 g/mol. The Morgan fingerprint density at radius 3 is 2.83 bits per heavy atom. The number of hydrogen-bond donors (Lipinski definition) is 0. The highest BCUT2D eigenvalue weighted by molar-refractivity contribution is 5.74. The van der Waals surface area contributed by atoms with Crippen LogP contribution in [0.25, 0.3) is 0 Å². The molecule has 3 rings (SSSR count). The van der Waals surface area contributed by atoms with Gasteiger partial charge in [-0.2, -0.15) is 0 Å². The third-order valence-corrected chi connectivity index (χ3v) is 2.82. The average Bonchev–Trinajstić information content (AvgIpc) is 2.47. The van der Waals surface area contributed by atoms with Crippen molar-refractivity contribution in [2.45, 2.75) is 6.10 Å². The number of pyridine rings is 1. The number of carbonyl (C=O) groups is 1. The van der Waals surface area contributed by atoms with Crippen LogP contribution in [-0.4, -0.2) is 17.9 Å². The molecule has 90 valence electrons. The molecule has 1 atom stereocenters. The number of benzene rings is 1. The molecule has 1 aliphatic heterocycles. The van der Waals surface area contributed by atoms with Crippen molar-refractivity contribution in [3.8, 4) is 11.6 Å². The first-order valence-electron chi connectivity index (χ1n) is 5.66. The predicted octanol–water partition coefficient (Wildman–Crippen LogP) is 2.41. The van der Waals surface area contributed by atoms with Crippen LogP contribution in [-0.2, 0) is 0 Å². The predicted molar refractivity (Wildman–Crippen MR) is 64.9 cm³/mol. The van der Waals surface area contributed by atoms with Gasteiger partial charge in [-0.1, -0.05) is 24.3 Å². The number of nitrogens with zero attached hydrogens (tertiary/aromatic N) is 1. The summed E-state index contributed by atoms with van der Waals surface area (Å²) in [5.41, 5.74) is 1.62. The van der Waals surface area contributed by atoms with Crippen molar-refractivity contribution in [1.29, 1.82) is 0 Å². The minimum absolute atomic E-state index is 0.187. The Kier molecular flexibility index (Phi) is 2.68. The van der Waals surface area contributed by atoms with Crippen LogP contribution in [0.1, 0.15) is 22.0 Å². The Labute approximate surface area is 104 Å². The molecule has 1 aliphatic rings. The molecule has 0 radical (unpaired) electrons. The van der Waals surface area contributed by atoms with Crippen molar-refractivity contribution in [3.05, 3.63) is 53.7 Å². The van der Waals surface area contributed by atoms with Crippen molar-refractivity contribution in [1.82, 2.24) is 4.98 Å². The summed E-state index contributed by atoms with van der Waals surface area (Å²) in [5.74, 6) is 1.17. The van der Waals surface area contributed by atoms with Crippen LogP contribution in [0.15, 0.2) is 42.6 Å². The topological polar surface area (TPSA) is 48.4 Å². The minimum atomic E-state index is -0.187. The summed E-state index contributed by atoms with van der Waals surface area (Å²) in [5, 5.41) is 0. The summed E-state index contributed by atoms with van der Waals surface area (Å²) in [6.07, 6.45) is 2.30. The highest BCUT2D eigenvalue weighted by atomic mass is 16.6. The van der Waals surface area contributed by atoms with Gasteiger partial charge in [-0.25, -0.2) is 4.98 Å². The summed E-state index contributed by atoms with van der Waals surface area (Å²) in [7, 11) is 0. The highest BCUT2D eigenvalue weighted by Crippen LogP contribution is 2.33. The van der Waals surface area contributed by atoms with Gasteiger partial charge >= 0.3 is 0 Å². The summed E-state index contributed by atoms with van der Waals surface area (Å²) in [6.45, 7) is 0.444. The van der Waals surface area contributed by atoms with E-state index in [9.17, 15) is 4.79 Å². The molecule has 18 heavy (non-hydrogen) atoms. The first-order chi connectivity index (χ1) is 8.86. The van der Waals surface area contributed by atoms with Crippen LogP contribution in [0.5, 0.6) is 11.6 Å². The normalized spacial score (nSPS) is 17.2. The summed E-state index contributed by atoms with van der Waals surface area (Å²) in [4.78, 5) is 14.7. The first kappa shape index (κ1) is 10.8. The molecule has 0 saturated carbocycles. The van der Waals surface area contributed by atoms with Gasteiger partial charge in [0, 0.05) is 11.8 Å². The number of aromatic nitrogens is 1. The second-order valence-corrected chi connectivity index (χ2v) is 4.01. The van der Waals surface area contributed by atoms with Crippen LogP contribution >= 0.6 is 0 Å². The molecule has 0 aliphatic carbocycles. The highest BCUT2D eigenvalue weighted by Gasteiger charge is 2.23. The molecular weight excluding hydrogens is 230 g/mol. The molecule has 1 aromatic carbocycles. The summed E-state index contributed by atoms with van der Waals surface area (Å²) >= 11 is 0. The number of fused-ring (bicyclic) bond motifs is 1. The van der Waals surface area contributed by atoms with E-state index in [1.807, 2.05) is 18.2 Å². The molecule has 0 N–H and O–H groups in total. The Morgan fingerprint density at radius 1 is 1.22 bits per heavy atom. The zero-order valence-electron chi connectivity index (χ0n) is 9.58.